The van der Waals surface area contributed by atoms with Crippen LogP contribution in [0.25, 0.3) is 0 Å². The number of hydrogen-bond acceptors (Lipinski definition) is 3. The lowest BCUT2D eigenvalue weighted by atomic mass is 9.88. The minimum atomic E-state index is -0.0171. The number of hydrogen-bond donors (Lipinski definition) is 2. The quantitative estimate of drug-likeness (QED) is 0.694. The second-order valence-corrected chi connectivity index (χ2v) is 3.56. The molecule has 3 N–H and O–H groups in total. The predicted octanol–water partition coefficient (Wildman–Crippen LogP) is 0.723. The van der Waals surface area contributed by atoms with E-state index in [0.717, 1.165) is 6.42 Å². The van der Waals surface area contributed by atoms with E-state index < -0.39 is 0 Å². The first kappa shape index (κ1) is 9.49. The summed E-state index contributed by atoms with van der Waals surface area (Å²) in [4.78, 5) is 0. The Kier molecular flexibility index (Phi) is 2.70. The van der Waals surface area contributed by atoms with Crippen LogP contribution in [0.2, 0.25) is 0 Å². The number of aliphatic hydroxyl groups is 1. The minimum absolute atomic E-state index is 0.0171. The van der Waals surface area contributed by atoms with E-state index in [1.807, 2.05) is 18.2 Å². The molecule has 0 radical (unpaired) electrons. The van der Waals surface area contributed by atoms with Crippen LogP contribution in [0, 0.1) is 5.92 Å². The van der Waals surface area contributed by atoms with E-state index in [1.165, 1.54) is 5.57 Å². The fourth-order valence-corrected chi connectivity index (χ4v) is 1.97. The van der Waals surface area contributed by atoms with Crippen LogP contribution in [0.1, 0.15) is 6.42 Å². The first-order valence-corrected chi connectivity index (χ1v) is 4.90. The highest BCUT2D eigenvalue weighted by Crippen LogP contribution is 2.33. The molecule has 2 rings (SSSR count). The van der Waals surface area contributed by atoms with Gasteiger partial charge in [0.15, 0.2) is 0 Å². The molecule has 0 amide bonds. The van der Waals surface area contributed by atoms with Gasteiger partial charge in [-0.05, 0) is 25.1 Å². The first-order chi connectivity index (χ1) is 6.85. The van der Waals surface area contributed by atoms with Crippen molar-refractivity contribution in [3.63, 3.8) is 0 Å². The lowest BCUT2D eigenvalue weighted by molar-refractivity contribution is 0.128. The molecule has 3 heteroatoms. The molecule has 0 bridgehead atoms. The summed E-state index contributed by atoms with van der Waals surface area (Å²) in [6, 6.07) is 0. The Labute approximate surface area is 83.6 Å². The molecule has 2 aliphatic rings. The van der Waals surface area contributed by atoms with Gasteiger partial charge < -0.3 is 15.6 Å². The maximum absolute atomic E-state index is 8.97. The van der Waals surface area contributed by atoms with Crippen molar-refractivity contribution < 1.29 is 9.84 Å². The maximum atomic E-state index is 8.97. The van der Waals surface area contributed by atoms with Gasteiger partial charge >= 0.3 is 0 Å². The molecule has 0 saturated heterocycles. The fourth-order valence-electron chi connectivity index (χ4n) is 1.97. The summed E-state index contributed by atoms with van der Waals surface area (Å²) in [6.45, 7) is 0.641. The largest absolute Gasteiger partial charge is 0.488 e. The van der Waals surface area contributed by atoms with Crippen LogP contribution in [0.5, 0.6) is 0 Å². The Morgan fingerprint density at radius 3 is 3.07 bits per heavy atom. The van der Waals surface area contributed by atoms with Gasteiger partial charge in [-0.3, -0.25) is 0 Å². The number of rotatable bonds is 3. The van der Waals surface area contributed by atoms with E-state index in [1.54, 1.807) is 0 Å². The third kappa shape index (κ3) is 1.61. The Morgan fingerprint density at radius 1 is 1.50 bits per heavy atom. The molecule has 76 valence electrons. The van der Waals surface area contributed by atoms with Gasteiger partial charge in [0.1, 0.15) is 18.5 Å². The first-order valence-electron chi connectivity index (χ1n) is 4.90. The van der Waals surface area contributed by atoms with Gasteiger partial charge in [0.2, 0.25) is 0 Å². The van der Waals surface area contributed by atoms with Gasteiger partial charge in [-0.2, -0.15) is 0 Å². The van der Waals surface area contributed by atoms with Crippen molar-refractivity contribution in [1.82, 2.24) is 0 Å². The van der Waals surface area contributed by atoms with Crippen molar-refractivity contribution in [3.8, 4) is 0 Å². The van der Waals surface area contributed by atoms with Gasteiger partial charge in [0.05, 0.1) is 0 Å². The normalized spacial score (nSPS) is 29.3. The summed E-state index contributed by atoms with van der Waals surface area (Å²) in [5.74, 6) is 0.958. The topological polar surface area (TPSA) is 55.5 Å². The minimum Gasteiger partial charge on any atom is -0.488 e. The molecule has 2 atom stereocenters. The summed E-state index contributed by atoms with van der Waals surface area (Å²) in [6.07, 6.45) is 9.07. The fraction of sp³-hybridized carbons (Fsp3) is 0.455. The number of ether oxygens (including phenoxy) is 1. The average molecular weight is 193 g/mol. The molecule has 2 unspecified atom stereocenters. The van der Waals surface area contributed by atoms with Crippen LogP contribution >= 0.6 is 0 Å². The highest BCUT2D eigenvalue weighted by molar-refractivity contribution is 5.32. The van der Waals surface area contributed by atoms with Crippen LogP contribution < -0.4 is 5.73 Å². The molecule has 1 aliphatic carbocycles. The number of allylic oxidation sites excluding steroid dienone is 2. The molecular formula is C11H15NO2. The van der Waals surface area contributed by atoms with E-state index >= 15 is 0 Å². The number of fused-ring (bicyclic) bond motifs is 1. The molecule has 0 aromatic rings. The molecule has 14 heavy (non-hydrogen) atoms. The van der Waals surface area contributed by atoms with E-state index in [-0.39, 0.29) is 18.6 Å². The number of nitrogens with two attached hydrogens (primary N) is 1. The molecule has 0 fully saturated rings. The summed E-state index contributed by atoms with van der Waals surface area (Å²) in [5.41, 5.74) is 6.83. The third-order valence-electron chi connectivity index (χ3n) is 2.63. The summed E-state index contributed by atoms with van der Waals surface area (Å²) in [5, 5.41) is 8.97. The lowest BCUT2D eigenvalue weighted by Gasteiger charge is -2.21. The zero-order chi connectivity index (χ0) is 9.97. The van der Waals surface area contributed by atoms with Gasteiger partial charge in [0, 0.05) is 5.92 Å². The lowest BCUT2D eigenvalue weighted by Crippen LogP contribution is -2.20. The number of aliphatic hydroxyl groups excluding tert-OH is 1. The van der Waals surface area contributed by atoms with Gasteiger partial charge in [0.25, 0.3) is 0 Å². The summed E-state index contributed by atoms with van der Waals surface area (Å²) >= 11 is 0. The van der Waals surface area contributed by atoms with Crippen molar-refractivity contribution in [2.75, 3.05) is 13.2 Å². The van der Waals surface area contributed by atoms with Crippen LogP contribution in [0.4, 0.5) is 0 Å². The van der Waals surface area contributed by atoms with Crippen LogP contribution in [-0.2, 0) is 4.74 Å². The van der Waals surface area contributed by atoms with Crippen molar-refractivity contribution >= 4 is 0 Å². The standard InChI is InChI=1S/C11H15NO2/c12-5-4-8-2-1-3-11-10(8)6-9(7-13)14-11/h1-3,6,10-11,13H,4-5,7,12H2. The van der Waals surface area contributed by atoms with E-state index in [0.29, 0.717) is 12.3 Å². The molecule has 3 nitrogen and oxygen atoms in total. The highest BCUT2D eigenvalue weighted by Gasteiger charge is 2.30. The van der Waals surface area contributed by atoms with Crippen molar-refractivity contribution in [1.29, 1.82) is 0 Å². The second kappa shape index (κ2) is 3.98. The Morgan fingerprint density at radius 2 is 2.36 bits per heavy atom. The van der Waals surface area contributed by atoms with Crippen molar-refractivity contribution in [3.05, 3.63) is 35.6 Å². The van der Waals surface area contributed by atoms with Crippen LogP contribution in [0.3, 0.4) is 0 Å². The maximum Gasteiger partial charge on any atom is 0.127 e. The predicted molar refractivity (Wildman–Crippen MR) is 54.4 cm³/mol. The second-order valence-electron chi connectivity index (χ2n) is 3.56. The summed E-state index contributed by atoms with van der Waals surface area (Å²) in [7, 11) is 0. The molecule has 0 aromatic carbocycles. The smallest absolute Gasteiger partial charge is 0.127 e. The zero-order valence-corrected chi connectivity index (χ0v) is 8.02. The van der Waals surface area contributed by atoms with Crippen molar-refractivity contribution in [2.24, 2.45) is 11.7 Å². The average Bonchev–Trinajstić information content (AvgIpc) is 2.62. The highest BCUT2D eigenvalue weighted by atomic mass is 16.5. The van der Waals surface area contributed by atoms with E-state index in [2.05, 4.69) is 6.08 Å². The van der Waals surface area contributed by atoms with E-state index in [9.17, 15) is 0 Å². The monoisotopic (exact) mass is 193 g/mol. The van der Waals surface area contributed by atoms with Gasteiger partial charge in [-0.15, -0.1) is 0 Å². The zero-order valence-electron chi connectivity index (χ0n) is 8.02. The third-order valence-corrected chi connectivity index (χ3v) is 2.63. The molecular weight excluding hydrogens is 178 g/mol. The molecule has 0 aromatic heterocycles. The van der Waals surface area contributed by atoms with Crippen LogP contribution in [0.15, 0.2) is 35.6 Å². The molecule has 1 heterocycles. The van der Waals surface area contributed by atoms with Gasteiger partial charge in [-0.1, -0.05) is 17.7 Å². The molecule has 0 saturated carbocycles. The molecule has 1 aliphatic heterocycles. The van der Waals surface area contributed by atoms with Gasteiger partial charge in [-0.25, -0.2) is 0 Å². The Balaban J connectivity index is 2.16. The summed E-state index contributed by atoms with van der Waals surface area (Å²) < 4.78 is 5.53. The van der Waals surface area contributed by atoms with Crippen LogP contribution in [-0.4, -0.2) is 24.4 Å². The van der Waals surface area contributed by atoms with Crippen molar-refractivity contribution in [2.45, 2.75) is 12.5 Å². The Hall–Kier alpha value is -1.06. The SMILES string of the molecule is NCCC1=CC=CC2OC(CO)=CC12. The molecule has 0 spiro atoms. The Bertz CT molecular complexity index is 304. The van der Waals surface area contributed by atoms with E-state index in [4.69, 9.17) is 15.6 Å².